The first-order chi connectivity index (χ1) is 10.3. The third-order valence-electron chi connectivity index (χ3n) is 3.50. The lowest BCUT2D eigenvalue weighted by molar-refractivity contribution is 0.316. The van der Waals surface area contributed by atoms with Crippen molar-refractivity contribution < 1.29 is 4.63 Å². The topological polar surface area (TPSA) is 77.0 Å². The van der Waals surface area contributed by atoms with Crippen LogP contribution >= 0.6 is 0 Å². The van der Waals surface area contributed by atoms with Gasteiger partial charge in [0.15, 0.2) is 11.0 Å². The molecule has 5 nitrogen and oxygen atoms in total. The molecule has 3 rings (SSSR count). The maximum atomic E-state index is 5.84. The summed E-state index contributed by atoms with van der Waals surface area (Å²) in [7, 11) is 0. The number of nitrogens with two attached hydrogens (primary N) is 1. The van der Waals surface area contributed by atoms with Gasteiger partial charge < -0.3 is 11.1 Å². The standard InChI is InChI=1S/C16H18N4O/c1-2-3-4-11-5-7-12(8-6-11)18-14-10-9-13(17)15-16(14)20-21-19-15/h5-10,18H,2-4,17H2,1H3. The predicted molar refractivity (Wildman–Crippen MR) is 84.6 cm³/mol. The van der Waals surface area contributed by atoms with E-state index in [1.54, 1.807) is 6.07 Å². The highest BCUT2D eigenvalue weighted by Crippen LogP contribution is 2.28. The summed E-state index contributed by atoms with van der Waals surface area (Å²) in [4.78, 5) is 0. The van der Waals surface area contributed by atoms with E-state index < -0.39 is 0 Å². The highest BCUT2D eigenvalue weighted by Gasteiger charge is 2.10. The van der Waals surface area contributed by atoms with Crippen LogP contribution in [0.4, 0.5) is 17.1 Å². The van der Waals surface area contributed by atoms with Crippen LogP contribution < -0.4 is 11.1 Å². The van der Waals surface area contributed by atoms with Gasteiger partial charge in [-0.2, -0.15) is 0 Å². The molecule has 2 aromatic carbocycles. The van der Waals surface area contributed by atoms with E-state index in [0.717, 1.165) is 17.8 Å². The minimum atomic E-state index is 0.562. The average molecular weight is 282 g/mol. The molecule has 0 aliphatic rings. The monoisotopic (exact) mass is 282 g/mol. The Hall–Kier alpha value is -2.56. The molecular formula is C16H18N4O. The van der Waals surface area contributed by atoms with Crippen LogP contribution in [0.3, 0.4) is 0 Å². The van der Waals surface area contributed by atoms with Gasteiger partial charge >= 0.3 is 0 Å². The Kier molecular flexibility index (Phi) is 3.73. The van der Waals surface area contributed by atoms with Gasteiger partial charge in [-0.3, -0.25) is 0 Å². The normalized spacial score (nSPS) is 10.9. The summed E-state index contributed by atoms with van der Waals surface area (Å²) in [6.07, 6.45) is 3.55. The fourth-order valence-electron chi connectivity index (χ4n) is 2.28. The number of aromatic nitrogens is 2. The van der Waals surface area contributed by atoms with Crippen molar-refractivity contribution in [2.75, 3.05) is 11.1 Å². The van der Waals surface area contributed by atoms with Gasteiger partial charge in [-0.1, -0.05) is 25.5 Å². The Morgan fingerprint density at radius 3 is 2.57 bits per heavy atom. The van der Waals surface area contributed by atoms with Crippen LogP contribution in [-0.2, 0) is 6.42 Å². The Morgan fingerprint density at radius 1 is 1.05 bits per heavy atom. The Balaban J connectivity index is 1.82. The fraction of sp³-hybridized carbons (Fsp3) is 0.250. The maximum Gasteiger partial charge on any atom is 0.160 e. The number of benzene rings is 2. The Bertz CT molecular complexity index is 734. The lowest BCUT2D eigenvalue weighted by atomic mass is 10.1. The summed E-state index contributed by atoms with van der Waals surface area (Å²) in [6, 6.07) is 12.1. The number of anilines is 3. The Morgan fingerprint density at radius 2 is 1.81 bits per heavy atom. The highest BCUT2D eigenvalue weighted by atomic mass is 16.6. The molecule has 3 aromatic rings. The average Bonchev–Trinajstić information content (AvgIpc) is 3.00. The van der Waals surface area contributed by atoms with Crippen LogP contribution in [-0.4, -0.2) is 10.3 Å². The van der Waals surface area contributed by atoms with E-state index in [9.17, 15) is 0 Å². The summed E-state index contributed by atoms with van der Waals surface area (Å²) in [6.45, 7) is 2.20. The molecule has 0 aliphatic carbocycles. The second kappa shape index (κ2) is 5.83. The molecule has 0 saturated heterocycles. The number of hydrogen-bond donors (Lipinski definition) is 2. The number of aryl methyl sites for hydroxylation is 1. The van der Waals surface area contributed by atoms with Gasteiger partial charge in [0.1, 0.15) is 0 Å². The van der Waals surface area contributed by atoms with Crippen LogP contribution in [0, 0.1) is 0 Å². The molecule has 0 spiro atoms. The Labute approximate surface area is 123 Å². The van der Waals surface area contributed by atoms with Crippen molar-refractivity contribution in [2.24, 2.45) is 0 Å². The van der Waals surface area contributed by atoms with Crippen LogP contribution in [0.2, 0.25) is 0 Å². The van der Waals surface area contributed by atoms with Gasteiger partial charge in [0, 0.05) is 5.69 Å². The number of nitrogens with one attached hydrogen (secondary N) is 1. The molecule has 0 unspecified atom stereocenters. The molecule has 0 aliphatic heterocycles. The van der Waals surface area contributed by atoms with E-state index in [2.05, 4.69) is 46.8 Å². The van der Waals surface area contributed by atoms with E-state index in [-0.39, 0.29) is 0 Å². The van der Waals surface area contributed by atoms with Gasteiger partial charge in [0.2, 0.25) is 0 Å². The summed E-state index contributed by atoms with van der Waals surface area (Å²) in [5, 5.41) is 11.0. The van der Waals surface area contributed by atoms with Crippen molar-refractivity contribution in [3.8, 4) is 0 Å². The summed E-state index contributed by atoms with van der Waals surface area (Å²) < 4.78 is 4.77. The largest absolute Gasteiger partial charge is 0.397 e. The van der Waals surface area contributed by atoms with E-state index in [4.69, 9.17) is 10.4 Å². The summed E-state index contributed by atoms with van der Waals surface area (Å²) in [5.41, 5.74) is 10.8. The SMILES string of the molecule is CCCCc1ccc(Nc2ccc(N)c3nonc23)cc1. The van der Waals surface area contributed by atoms with E-state index in [1.807, 2.05) is 6.07 Å². The lowest BCUT2D eigenvalue weighted by Gasteiger charge is -2.08. The predicted octanol–water partition coefficient (Wildman–Crippen LogP) is 3.89. The number of fused-ring (bicyclic) bond motifs is 1. The first-order valence-electron chi connectivity index (χ1n) is 7.14. The van der Waals surface area contributed by atoms with Gasteiger partial charge in [0.25, 0.3) is 0 Å². The minimum Gasteiger partial charge on any atom is -0.397 e. The molecule has 21 heavy (non-hydrogen) atoms. The molecule has 1 heterocycles. The second-order valence-electron chi connectivity index (χ2n) is 5.09. The van der Waals surface area contributed by atoms with E-state index in [1.165, 1.54) is 18.4 Å². The molecule has 5 heteroatoms. The van der Waals surface area contributed by atoms with Crippen molar-refractivity contribution in [1.29, 1.82) is 0 Å². The van der Waals surface area contributed by atoms with Crippen LogP contribution in [0.25, 0.3) is 11.0 Å². The highest BCUT2D eigenvalue weighted by molar-refractivity contribution is 5.96. The first-order valence-corrected chi connectivity index (χ1v) is 7.14. The molecule has 0 amide bonds. The molecule has 0 bridgehead atoms. The molecule has 108 valence electrons. The fourth-order valence-corrected chi connectivity index (χ4v) is 2.28. The van der Waals surface area contributed by atoms with Gasteiger partial charge in [-0.25, -0.2) is 4.63 Å². The molecule has 1 aromatic heterocycles. The number of nitrogen functional groups attached to an aromatic ring is 1. The number of nitrogens with zero attached hydrogens (tertiary/aromatic N) is 2. The quantitative estimate of drug-likeness (QED) is 0.694. The van der Waals surface area contributed by atoms with Crippen molar-refractivity contribution >= 4 is 28.1 Å². The molecule has 0 fully saturated rings. The van der Waals surface area contributed by atoms with Gasteiger partial charge in [0.05, 0.1) is 11.4 Å². The zero-order valence-corrected chi connectivity index (χ0v) is 12.0. The maximum absolute atomic E-state index is 5.84. The number of unbranched alkanes of at least 4 members (excludes halogenated alkanes) is 1. The molecule has 0 saturated carbocycles. The second-order valence-corrected chi connectivity index (χ2v) is 5.09. The molecule has 0 radical (unpaired) electrons. The van der Waals surface area contributed by atoms with Crippen LogP contribution in [0.1, 0.15) is 25.3 Å². The van der Waals surface area contributed by atoms with E-state index >= 15 is 0 Å². The van der Waals surface area contributed by atoms with Crippen molar-refractivity contribution in [3.05, 3.63) is 42.0 Å². The molecular weight excluding hydrogens is 264 g/mol. The molecule has 0 atom stereocenters. The first kappa shape index (κ1) is 13.4. The minimum absolute atomic E-state index is 0.562. The zero-order valence-electron chi connectivity index (χ0n) is 12.0. The van der Waals surface area contributed by atoms with Gasteiger partial charge in [-0.15, -0.1) is 0 Å². The van der Waals surface area contributed by atoms with Crippen LogP contribution in [0.5, 0.6) is 0 Å². The molecule has 3 N–H and O–H groups in total. The van der Waals surface area contributed by atoms with Crippen molar-refractivity contribution in [2.45, 2.75) is 26.2 Å². The van der Waals surface area contributed by atoms with Crippen molar-refractivity contribution in [1.82, 2.24) is 10.3 Å². The lowest BCUT2D eigenvalue weighted by Crippen LogP contribution is -1.94. The van der Waals surface area contributed by atoms with Crippen LogP contribution in [0.15, 0.2) is 41.0 Å². The van der Waals surface area contributed by atoms with E-state index in [0.29, 0.717) is 16.7 Å². The summed E-state index contributed by atoms with van der Waals surface area (Å²) >= 11 is 0. The number of rotatable bonds is 5. The third-order valence-corrected chi connectivity index (χ3v) is 3.50. The third kappa shape index (κ3) is 2.81. The zero-order chi connectivity index (χ0) is 14.7. The number of hydrogen-bond acceptors (Lipinski definition) is 5. The summed E-state index contributed by atoms with van der Waals surface area (Å²) in [5.74, 6) is 0. The smallest absolute Gasteiger partial charge is 0.160 e. The van der Waals surface area contributed by atoms with Gasteiger partial charge in [-0.05, 0) is 53.0 Å². The van der Waals surface area contributed by atoms with Crippen molar-refractivity contribution in [3.63, 3.8) is 0 Å².